The maximum absolute atomic E-state index is 5.56. The minimum atomic E-state index is 0. The Kier molecular flexibility index (Phi) is 10.0. The van der Waals surface area contributed by atoms with Crippen molar-refractivity contribution in [2.24, 2.45) is 4.99 Å². The molecular weight excluding hydrogens is 487 g/mol. The predicted molar refractivity (Wildman–Crippen MR) is 129 cm³/mol. The number of thiazole rings is 1. The fourth-order valence-electron chi connectivity index (χ4n) is 2.34. The summed E-state index contributed by atoms with van der Waals surface area (Å²) in [4.78, 5) is 9.36. The van der Waals surface area contributed by atoms with Crippen LogP contribution in [-0.4, -0.2) is 31.2 Å². The van der Waals surface area contributed by atoms with Crippen LogP contribution in [0.1, 0.15) is 45.3 Å². The van der Waals surface area contributed by atoms with E-state index in [1.165, 1.54) is 0 Å². The molecule has 0 fully saturated rings. The van der Waals surface area contributed by atoms with E-state index in [-0.39, 0.29) is 29.4 Å². The summed E-state index contributed by atoms with van der Waals surface area (Å²) >= 11 is 1.65. The number of hydrogen-bond acceptors (Lipinski definition) is 5. The number of rotatable bonds is 7. The summed E-state index contributed by atoms with van der Waals surface area (Å²) in [6, 6.07) is 5.74. The lowest BCUT2D eigenvalue weighted by atomic mass is 9.93. The Hall–Kier alpha value is -1.55. The third kappa shape index (κ3) is 7.12. The maximum Gasteiger partial charge on any atom is 0.196 e. The molecule has 0 radical (unpaired) electrons. The molecular formula is C20H31IN4O2S. The average molecular weight is 518 g/mol. The van der Waals surface area contributed by atoms with Crippen molar-refractivity contribution in [1.82, 2.24) is 10.3 Å². The second-order valence-electron chi connectivity index (χ2n) is 7.00. The molecule has 28 heavy (non-hydrogen) atoms. The minimum absolute atomic E-state index is 0. The van der Waals surface area contributed by atoms with Crippen LogP contribution in [-0.2, 0) is 12.0 Å². The van der Waals surface area contributed by atoms with Crippen LogP contribution in [0.2, 0.25) is 0 Å². The molecule has 0 saturated carbocycles. The number of hydrogen-bond donors (Lipinski definition) is 2. The number of anilines is 1. The van der Waals surface area contributed by atoms with E-state index in [0.29, 0.717) is 24.9 Å². The highest BCUT2D eigenvalue weighted by Crippen LogP contribution is 2.30. The number of aliphatic imine (C=N–C) groups is 1. The molecule has 0 aliphatic heterocycles. The van der Waals surface area contributed by atoms with E-state index in [1.54, 1.807) is 18.4 Å². The van der Waals surface area contributed by atoms with Gasteiger partial charge in [0.1, 0.15) is 5.01 Å². The highest BCUT2D eigenvalue weighted by Gasteiger charge is 2.17. The van der Waals surface area contributed by atoms with Gasteiger partial charge in [-0.25, -0.2) is 9.98 Å². The van der Waals surface area contributed by atoms with E-state index in [9.17, 15) is 0 Å². The molecule has 0 aliphatic carbocycles. The molecule has 0 amide bonds. The number of nitrogens with zero attached hydrogens (tertiary/aromatic N) is 2. The summed E-state index contributed by atoms with van der Waals surface area (Å²) in [5, 5.41) is 9.69. The first-order valence-electron chi connectivity index (χ1n) is 9.18. The van der Waals surface area contributed by atoms with Crippen LogP contribution < -0.4 is 20.1 Å². The molecule has 6 nitrogen and oxygen atoms in total. The van der Waals surface area contributed by atoms with Crippen LogP contribution in [0.3, 0.4) is 0 Å². The van der Waals surface area contributed by atoms with Gasteiger partial charge >= 0.3 is 0 Å². The summed E-state index contributed by atoms with van der Waals surface area (Å²) < 4.78 is 11.0. The molecule has 0 unspecified atom stereocenters. The summed E-state index contributed by atoms with van der Waals surface area (Å²) in [7, 11) is 1.64. The maximum atomic E-state index is 5.56. The molecule has 2 rings (SSSR count). The van der Waals surface area contributed by atoms with E-state index in [0.717, 1.165) is 28.7 Å². The Morgan fingerprint density at radius 1 is 1.21 bits per heavy atom. The molecule has 1 heterocycles. The number of guanidine groups is 1. The Labute approximate surface area is 189 Å². The van der Waals surface area contributed by atoms with Crippen molar-refractivity contribution >= 4 is 47.0 Å². The van der Waals surface area contributed by atoms with Crippen molar-refractivity contribution < 1.29 is 9.47 Å². The number of ether oxygens (including phenoxy) is 2. The van der Waals surface area contributed by atoms with Crippen molar-refractivity contribution in [2.75, 3.05) is 25.6 Å². The van der Waals surface area contributed by atoms with Crippen molar-refractivity contribution in [3.8, 4) is 11.5 Å². The molecule has 8 heteroatoms. The molecule has 0 spiro atoms. The molecule has 1 aromatic heterocycles. The zero-order chi connectivity index (χ0) is 19.9. The first-order chi connectivity index (χ1) is 12.9. The standard InChI is InChI=1S/C20H30N4O2S.HI/c1-7-21-19(22-12-18-24-17(13-27-18)20(3,4)5)23-14-9-10-15(26-8-2)16(11-14)25-6;/h9-11,13H,7-8,12H2,1-6H3,(H2,21,22,23);1H. The van der Waals surface area contributed by atoms with Gasteiger partial charge in [-0.15, -0.1) is 35.3 Å². The van der Waals surface area contributed by atoms with E-state index < -0.39 is 0 Å². The van der Waals surface area contributed by atoms with Crippen molar-refractivity contribution in [3.05, 3.63) is 34.3 Å². The van der Waals surface area contributed by atoms with Gasteiger partial charge in [-0.05, 0) is 26.0 Å². The highest BCUT2D eigenvalue weighted by atomic mass is 127. The van der Waals surface area contributed by atoms with Crippen LogP contribution in [0.4, 0.5) is 5.69 Å². The SMILES string of the molecule is CCNC(=NCc1nc(C(C)(C)C)cs1)Nc1ccc(OCC)c(OC)c1.I. The Morgan fingerprint density at radius 3 is 2.54 bits per heavy atom. The smallest absolute Gasteiger partial charge is 0.196 e. The minimum Gasteiger partial charge on any atom is -0.493 e. The van der Waals surface area contributed by atoms with Gasteiger partial charge in [-0.2, -0.15) is 0 Å². The molecule has 0 aliphatic rings. The van der Waals surface area contributed by atoms with Crippen molar-refractivity contribution in [3.63, 3.8) is 0 Å². The van der Waals surface area contributed by atoms with Gasteiger partial charge in [0.25, 0.3) is 0 Å². The van der Waals surface area contributed by atoms with Crippen molar-refractivity contribution in [1.29, 1.82) is 0 Å². The van der Waals surface area contributed by atoms with Crippen LogP contribution in [0.25, 0.3) is 0 Å². The molecule has 2 N–H and O–H groups in total. The van der Waals surface area contributed by atoms with Crippen LogP contribution in [0.15, 0.2) is 28.6 Å². The number of benzene rings is 1. The van der Waals surface area contributed by atoms with E-state index >= 15 is 0 Å². The second-order valence-corrected chi connectivity index (χ2v) is 7.94. The average Bonchev–Trinajstić information content (AvgIpc) is 3.11. The van der Waals surface area contributed by atoms with Crippen LogP contribution in [0, 0.1) is 0 Å². The van der Waals surface area contributed by atoms with E-state index in [4.69, 9.17) is 14.5 Å². The zero-order valence-corrected chi connectivity index (χ0v) is 20.6. The van der Waals surface area contributed by atoms with Gasteiger partial charge in [0.05, 0.1) is 26.0 Å². The highest BCUT2D eigenvalue weighted by molar-refractivity contribution is 14.0. The van der Waals surface area contributed by atoms with Crippen LogP contribution in [0.5, 0.6) is 11.5 Å². The topological polar surface area (TPSA) is 67.8 Å². The normalized spacial score (nSPS) is 11.6. The van der Waals surface area contributed by atoms with Gasteiger partial charge in [-0.3, -0.25) is 0 Å². The molecule has 0 bridgehead atoms. The van der Waals surface area contributed by atoms with E-state index in [2.05, 4.69) is 41.8 Å². The fraction of sp³-hybridized carbons (Fsp3) is 0.500. The van der Waals surface area contributed by atoms with Gasteiger partial charge in [-0.1, -0.05) is 20.8 Å². The lowest BCUT2D eigenvalue weighted by Crippen LogP contribution is -2.30. The molecule has 0 atom stereocenters. The number of nitrogens with one attached hydrogen (secondary N) is 2. The second kappa shape index (κ2) is 11.5. The molecule has 156 valence electrons. The van der Waals surface area contributed by atoms with Gasteiger partial charge in [0, 0.05) is 29.1 Å². The molecule has 2 aromatic rings. The lowest BCUT2D eigenvalue weighted by Gasteiger charge is -2.14. The Balaban J connectivity index is 0.00000392. The number of halogens is 1. The van der Waals surface area contributed by atoms with Gasteiger partial charge < -0.3 is 20.1 Å². The zero-order valence-electron chi connectivity index (χ0n) is 17.5. The monoisotopic (exact) mass is 518 g/mol. The third-order valence-electron chi connectivity index (χ3n) is 3.76. The molecule has 0 saturated heterocycles. The van der Waals surface area contributed by atoms with E-state index in [1.807, 2.05) is 32.0 Å². The number of aromatic nitrogens is 1. The quantitative estimate of drug-likeness (QED) is 0.305. The number of methoxy groups -OCH3 is 1. The first kappa shape index (κ1) is 24.5. The first-order valence-corrected chi connectivity index (χ1v) is 10.1. The summed E-state index contributed by atoms with van der Waals surface area (Å²) in [6.07, 6.45) is 0. The Morgan fingerprint density at radius 2 is 1.96 bits per heavy atom. The fourth-order valence-corrected chi connectivity index (χ4v) is 3.28. The van der Waals surface area contributed by atoms with Gasteiger partial charge in [0.15, 0.2) is 17.5 Å². The van der Waals surface area contributed by atoms with Crippen LogP contribution >= 0.6 is 35.3 Å². The van der Waals surface area contributed by atoms with Gasteiger partial charge in [0.2, 0.25) is 0 Å². The lowest BCUT2D eigenvalue weighted by molar-refractivity contribution is 0.311. The molecule has 1 aromatic carbocycles. The summed E-state index contributed by atoms with van der Waals surface area (Å²) in [6.45, 7) is 12.4. The summed E-state index contributed by atoms with van der Waals surface area (Å²) in [5.41, 5.74) is 2.04. The predicted octanol–water partition coefficient (Wildman–Crippen LogP) is 5.04. The summed E-state index contributed by atoms with van der Waals surface area (Å²) in [5.74, 6) is 2.12. The van der Waals surface area contributed by atoms with Crippen molar-refractivity contribution in [2.45, 2.75) is 46.6 Å². The largest absolute Gasteiger partial charge is 0.493 e. The Bertz CT molecular complexity index is 772. The third-order valence-corrected chi connectivity index (χ3v) is 4.60.